The molecule has 0 atom stereocenters. The second-order valence-electron chi connectivity index (χ2n) is 3.99. The number of pyridine rings is 1. The second kappa shape index (κ2) is 4.38. The van der Waals surface area contributed by atoms with Gasteiger partial charge in [0.1, 0.15) is 0 Å². The summed E-state index contributed by atoms with van der Waals surface area (Å²) in [5.74, 6) is 0. The minimum absolute atomic E-state index is 0.153. The lowest BCUT2D eigenvalue weighted by Crippen LogP contribution is -2.20. The van der Waals surface area contributed by atoms with E-state index >= 15 is 0 Å². The van der Waals surface area contributed by atoms with Crippen molar-refractivity contribution in [2.24, 2.45) is 5.73 Å². The van der Waals surface area contributed by atoms with Gasteiger partial charge in [0.2, 0.25) is 0 Å². The van der Waals surface area contributed by atoms with Gasteiger partial charge in [0.15, 0.2) is 0 Å². The van der Waals surface area contributed by atoms with E-state index in [4.69, 9.17) is 5.73 Å². The molecule has 0 aromatic carbocycles. The molecule has 0 fully saturated rings. The molecule has 0 aliphatic carbocycles. The third-order valence-electron chi connectivity index (χ3n) is 2.36. The molecule has 0 aliphatic rings. The van der Waals surface area contributed by atoms with Crippen LogP contribution in [0.3, 0.4) is 0 Å². The molecule has 0 aliphatic heterocycles. The van der Waals surface area contributed by atoms with Crippen LogP contribution in [0, 0.1) is 0 Å². The summed E-state index contributed by atoms with van der Waals surface area (Å²) in [6.45, 7) is 5.19. The van der Waals surface area contributed by atoms with Crippen molar-refractivity contribution in [3.05, 3.63) is 30.1 Å². The number of nitrogens with zero attached hydrogens (tertiary/aromatic N) is 1. The molecule has 0 amide bonds. The highest BCUT2D eigenvalue weighted by atomic mass is 14.7. The lowest BCUT2D eigenvalue weighted by molar-refractivity contribution is 0.452. The fraction of sp³-hybridized carbons (Fsp3) is 0.545. The standard InChI is InChI=1S/C11H18N2/c1-11(2,7-5-8-12)10-6-3-4-9-13-10/h3-4,6,9H,5,7-8,12H2,1-2H3. The molecule has 1 aromatic heterocycles. The van der Waals surface area contributed by atoms with Crippen molar-refractivity contribution >= 4 is 0 Å². The van der Waals surface area contributed by atoms with Crippen LogP contribution in [0.1, 0.15) is 32.4 Å². The first kappa shape index (κ1) is 10.2. The highest BCUT2D eigenvalue weighted by molar-refractivity contribution is 5.13. The van der Waals surface area contributed by atoms with Crippen LogP contribution >= 0.6 is 0 Å². The van der Waals surface area contributed by atoms with Crippen LogP contribution < -0.4 is 5.73 Å². The van der Waals surface area contributed by atoms with Crippen molar-refractivity contribution in [1.82, 2.24) is 4.98 Å². The van der Waals surface area contributed by atoms with Gasteiger partial charge in [0.05, 0.1) is 0 Å². The summed E-state index contributed by atoms with van der Waals surface area (Å²) < 4.78 is 0. The number of hydrogen-bond donors (Lipinski definition) is 1. The summed E-state index contributed by atoms with van der Waals surface area (Å²) in [5.41, 5.74) is 6.80. The molecule has 0 unspecified atom stereocenters. The maximum atomic E-state index is 5.49. The number of hydrogen-bond acceptors (Lipinski definition) is 2. The van der Waals surface area contributed by atoms with Crippen molar-refractivity contribution in [3.8, 4) is 0 Å². The van der Waals surface area contributed by atoms with E-state index in [0.717, 1.165) is 25.1 Å². The van der Waals surface area contributed by atoms with Crippen molar-refractivity contribution in [2.75, 3.05) is 6.54 Å². The molecule has 0 spiro atoms. The molecular weight excluding hydrogens is 160 g/mol. The predicted molar refractivity (Wildman–Crippen MR) is 55.6 cm³/mol. The number of aromatic nitrogens is 1. The summed E-state index contributed by atoms with van der Waals surface area (Å²) in [6.07, 6.45) is 4.00. The number of nitrogens with two attached hydrogens (primary N) is 1. The van der Waals surface area contributed by atoms with Gasteiger partial charge in [-0.3, -0.25) is 4.98 Å². The Kier molecular flexibility index (Phi) is 3.43. The van der Waals surface area contributed by atoms with Crippen LogP contribution in [-0.4, -0.2) is 11.5 Å². The fourth-order valence-electron chi connectivity index (χ4n) is 1.44. The summed E-state index contributed by atoms with van der Waals surface area (Å²) in [5, 5.41) is 0. The quantitative estimate of drug-likeness (QED) is 0.766. The molecule has 0 radical (unpaired) electrons. The van der Waals surface area contributed by atoms with Gasteiger partial charge < -0.3 is 5.73 Å². The zero-order valence-electron chi connectivity index (χ0n) is 8.46. The third-order valence-corrected chi connectivity index (χ3v) is 2.36. The van der Waals surface area contributed by atoms with E-state index in [9.17, 15) is 0 Å². The van der Waals surface area contributed by atoms with Gasteiger partial charge in [-0.1, -0.05) is 19.9 Å². The fourth-order valence-corrected chi connectivity index (χ4v) is 1.44. The predicted octanol–water partition coefficient (Wildman–Crippen LogP) is 2.10. The maximum Gasteiger partial charge on any atom is 0.0459 e. The Morgan fingerprint density at radius 3 is 2.69 bits per heavy atom. The van der Waals surface area contributed by atoms with Gasteiger partial charge in [0, 0.05) is 17.3 Å². The van der Waals surface area contributed by atoms with Crippen molar-refractivity contribution < 1.29 is 0 Å². The first-order valence-electron chi connectivity index (χ1n) is 4.78. The van der Waals surface area contributed by atoms with Crippen LogP contribution in [0.4, 0.5) is 0 Å². The number of rotatable bonds is 4. The van der Waals surface area contributed by atoms with E-state index in [1.54, 1.807) is 0 Å². The van der Waals surface area contributed by atoms with Crippen LogP contribution in [0.5, 0.6) is 0 Å². The first-order chi connectivity index (χ1) is 6.17. The van der Waals surface area contributed by atoms with E-state index < -0.39 is 0 Å². The van der Waals surface area contributed by atoms with Gasteiger partial charge in [-0.15, -0.1) is 0 Å². The van der Waals surface area contributed by atoms with E-state index in [1.807, 2.05) is 18.3 Å². The second-order valence-corrected chi connectivity index (χ2v) is 3.99. The molecule has 0 saturated heterocycles. The molecule has 1 aromatic rings. The highest BCUT2D eigenvalue weighted by Gasteiger charge is 2.20. The molecule has 0 bridgehead atoms. The topological polar surface area (TPSA) is 38.9 Å². The van der Waals surface area contributed by atoms with Crippen LogP contribution in [0.15, 0.2) is 24.4 Å². The van der Waals surface area contributed by atoms with Crippen LogP contribution in [0.2, 0.25) is 0 Å². The smallest absolute Gasteiger partial charge is 0.0459 e. The molecule has 2 heteroatoms. The van der Waals surface area contributed by atoms with Gasteiger partial charge in [-0.05, 0) is 31.5 Å². The minimum Gasteiger partial charge on any atom is -0.330 e. The van der Waals surface area contributed by atoms with Crippen LogP contribution in [0.25, 0.3) is 0 Å². The van der Waals surface area contributed by atoms with E-state index in [0.29, 0.717) is 0 Å². The minimum atomic E-state index is 0.153. The van der Waals surface area contributed by atoms with Crippen molar-refractivity contribution in [3.63, 3.8) is 0 Å². The van der Waals surface area contributed by atoms with Crippen LogP contribution in [-0.2, 0) is 5.41 Å². The van der Waals surface area contributed by atoms with Gasteiger partial charge >= 0.3 is 0 Å². The van der Waals surface area contributed by atoms with Crippen molar-refractivity contribution in [1.29, 1.82) is 0 Å². The summed E-state index contributed by atoms with van der Waals surface area (Å²) in [4.78, 5) is 4.36. The van der Waals surface area contributed by atoms with E-state index in [2.05, 4.69) is 24.9 Å². The third kappa shape index (κ3) is 2.81. The van der Waals surface area contributed by atoms with Gasteiger partial charge in [-0.25, -0.2) is 0 Å². The van der Waals surface area contributed by atoms with Gasteiger partial charge in [0.25, 0.3) is 0 Å². The first-order valence-corrected chi connectivity index (χ1v) is 4.78. The molecule has 2 nitrogen and oxygen atoms in total. The molecule has 2 N–H and O–H groups in total. The normalized spacial score (nSPS) is 11.6. The highest BCUT2D eigenvalue weighted by Crippen LogP contribution is 2.25. The molecule has 13 heavy (non-hydrogen) atoms. The van der Waals surface area contributed by atoms with Crippen molar-refractivity contribution in [2.45, 2.75) is 32.1 Å². The Balaban J connectivity index is 2.69. The average Bonchev–Trinajstić information content (AvgIpc) is 2.16. The van der Waals surface area contributed by atoms with E-state index in [1.165, 1.54) is 0 Å². The summed E-state index contributed by atoms with van der Waals surface area (Å²) >= 11 is 0. The lowest BCUT2D eigenvalue weighted by atomic mass is 9.84. The molecule has 72 valence electrons. The molecular formula is C11H18N2. The molecule has 1 heterocycles. The summed E-state index contributed by atoms with van der Waals surface area (Å²) in [6, 6.07) is 6.06. The zero-order chi connectivity index (χ0) is 9.73. The molecule has 0 saturated carbocycles. The Morgan fingerprint density at radius 1 is 1.38 bits per heavy atom. The van der Waals surface area contributed by atoms with E-state index in [-0.39, 0.29) is 5.41 Å². The lowest BCUT2D eigenvalue weighted by Gasteiger charge is -2.23. The largest absolute Gasteiger partial charge is 0.330 e. The Morgan fingerprint density at radius 2 is 2.15 bits per heavy atom. The Bertz CT molecular complexity index is 242. The van der Waals surface area contributed by atoms with Gasteiger partial charge in [-0.2, -0.15) is 0 Å². The Hall–Kier alpha value is -0.890. The molecule has 1 rings (SSSR count). The average molecular weight is 178 g/mol. The SMILES string of the molecule is CC(C)(CCCN)c1ccccn1. The summed E-state index contributed by atoms with van der Waals surface area (Å²) in [7, 11) is 0. The Labute approximate surface area is 80.2 Å². The maximum absolute atomic E-state index is 5.49. The monoisotopic (exact) mass is 178 g/mol. The zero-order valence-corrected chi connectivity index (χ0v) is 8.46.